The van der Waals surface area contributed by atoms with Gasteiger partial charge in [-0.1, -0.05) is 17.7 Å². The average molecular weight is 395 g/mol. The standard InChI is InChI=1S/C17H16ClFN4O4/c18-7-1-2-8(10(19)5-7)11(24)14-12(25)13(26)17(27-14)23-4-3-9-15(20)21-6-22-16(9)23/h1-6,11-14,17,24-26H,(H2,20,21,22)/t11?,12-,13+,14?,17+/m0/s1. The number of hydrogen-bond acceptors (Lipinski definition) is 7. The van der Waals surface area contributed by atoms with Crippen molar-refractivity contribution in [1.29, 1.82) is 0 Å². The number of rotatable bonds is 3. The first-order valence-electron chi connectivity index (χ1n) is 8.10. The highest BCUT2D eigenvalue weighted by Crippen LogP contribution is 2.38. The van der Waals surface area contributed by atoms with Gasteiger partial charge in [-0.3, -0.25) is 0 Å². The number of nitrogens with two attached hydrogens (primary N) is 1. The van der Waals surface area contributed by atoms with Crippen molar-refractivity contribution in [3.8, 4) is 0 Å². The van der Waals surface area contributed by atoms with Gasteiger partial charge in [0.15, 0.2) is 6.23 Å². The van der Waals surface area contributed by atoms with Gasteiger partial charge >= 0.3 is 0 Å². The van der Waals surface area contributed by atoms with Crippen LogP contribution < -0.4 is 5.73 Å². The van der Waals surface area contributed by atoms with E-state index in [-0.39, 0.29) is 16.4 Å². The highest BCUT2D eigenvalue weighted by molar-refractivity contribution is 6.30. The van der Waals surface area contributed by atoms with Crippen molar-refractivity contribution in [1.82, 2.24) is 14.5 Å². The van der Waals surface area contributed by atoms with Crippen LogP contribution in [0.25, 0.3) is 11.0 Å². The Hall–Kier alpha value is -2.30. The zero-order valence-corrected chi connectivity index (χ0v) is 14.5. The number of hydrogen-bond donors (Lipinski definition) is 4. The van der Waals surface area contributed by atoms with Crippen LogP contribution >= 0.6 is 11.6 Å². The van der Waals surface area contributed by atoms with Gasteiger partial charge in [-0.15, -0.1) is 0 Å². The number of fused-ring (bicyclic) bond motifs is 1. The fourth-order valence-corrected chi connectivity index (χ4v) is 3.45. The monoisotopic (exact) mass is 394 g/mol. The maximum Gasteiger partial charge on any atom is 0.164 e. The van der Waals surface area contributed by atoms with Crippen LogP contribution in [0.15, 0.2) is 36.8 Å². The zero-order chi connectivity index (χ0) is 19.3. The molecule has 10 heteroatoms. The van der Waals surface area contributed by atoms with E-state index in [2.05, 4.69) is 9.97 Å². The Morgan fingerprint density at radius 3 is 2.74 bits per heavy atom. The van der Waals surface area contributed by atoms with E-state index in [1.165, 1.54) is 23.0 Å². The third-order valence-electron chi connectivity index (χ3n) is 4.68. The van der Waals surface area contributed by atoms with Crippen LogP contribution in [0.3, 0.4) is 0 Å². The molecule has 3 heterocycles. The molecule has 3 aromatic rings. The number of nitrogens with zero attached hydrogens (tertiary/aromatic N) is 3. The fourth-order valence-electron chi connectivity index (χ4n) is 3.29. The van der Waals surface area contributed by atoms with Crippen molar-refractivity contribution in [2.24, 2.45) is 0 Å². The van der Waals surface area contributed by atoms with Crippen molar-refractivity contribution < 1.29 is 24.4 Å². The summed E-state index contributed by atoms with van der Waals surface area (Å²) in [6, 6.07) is 5.42. The number of aromatic nitrogens is 3. The van der Waals surface area contributed by atoms with E-state index >= 15 is 0 Å². The molecule has 1 aliphatic heterocycles. The summed E-state index contributed by atoms with van der Waals surface area (Å²) in [5, 5.41) is 32.1. The molecule has 142 valence electrons. The number of anilines is 1. The van der Waals surface area contributed by atoms with Gasteiger partial charge in [-0.05, 0) is 18.2 Å². The molecule has 2 unspecified atom stereocenters. The van der Waals surface area contributed by atoms with Gasteiger partial charge in [0.1, 0.15) is 48.0 Å². The van der Waals surface area contributed by atoms with E-state index < -0.39 is 36.5 Å². The van der Waals surface area contributed by atoms with Crippen molar-refractivity contribution in [3.63, 3.8) is 0 Å². The normalized spacial score (nSPS) is 26.6. The van der Waals surface area contributed by atoms with Crippen LogP contribution in [-0.4, -0.2) is 48.2 Å². The van der Waals surface area contributed by atoms with Crippen LogP contribution in [0.2, 0.25) is 5.02 Å². The number of aliphatic hydroxyl groups is 3. The first-order chi connectivity index (χ1) is 12.9. The molecule has 2 aromatic heterocycles. The second kappa shape index (κ2) is 6.70. The molecule has 1 fully saturated rings. The predicted octanol–water partition coefficient (Wildman–Crippen LogP) is 1.16. The number of aliphatic hydroxyl groups excluding tert-OH is 3. The molecule has 8 nitrogen and oxygen atoms in total. The molecule has 1 saturated heterocycles. The number of benzene rings is 1. The predicted molar refractivity (Wildman–Crippen MR) is 94.2 cm³/mol. The van der Waals surface area contributed by atoms with Gasteiger partial charge in [0.25, 0.3) is 0 Å². The Morgan fingerprint density at radius 1 is 1.22 bits per heavy atom. The molecule has 0 radical (unpaired) electrons. The van der Waals surface area contributed by atoms with E-state index in [0.717, 1.165) is 6.07 Å². The molecule has 5 atom stereocenters. The van der Waals surface area contributed by atoms with E-state index in [4.69, 9.17) is 22.1 Å². The lowest BCUT2D eigenvalue weighted by atomic mass is 9.99. The summed E-state index contributed by atoms with van der Waals surface area (Å²) in [4.78, 5) is 8.01. The fraction of sp³-hybridized carbons (Fsp3) is 0.294. The first-order valence-corrected chi connectivity index (χ1v) is 8.48. The number of halogens is 2. The Bertz CT molecular complexity index is 1000. The summed E-state index contributed by atoms with van der Waals surface area (Å²) < 4.78 is 21.3. The lowest BCUT2D eigenvalue weighted by Gasteiger charge is -2.22. The summed E-state index contributed by atoms with van der Waals surface area (Å²) in [5.74, 6) is -0.484. The second-order valence-electron chi connectivity index (χ2n) is 6.30. The van der Waals surface area contributed by atoms with Crippen molar-refractivity contribution in [2.45, 2.75) is 30.6 Å². The molecule has 0 saturated carbocycles. The SMILES string of the molecule is Nc1ncnc2c1ccn2[C@@H]1OC(C(O)c2ccc(Cl)cc2F)[C@@H](O)[C@H]1O. The molecule has 1 aromatic carbocycles. The van der Waals surface area contributed by atoms with E-state index in [9.17, 15) is 19.7 Å². The van der Waals surface area contributed by atoms with Crippen LogP contribution in [0.5, 0.6) is 0 Å². The number of nitrogen functional groups attached to an aromatic ring is 1. The maximum absolute atomic E-state index is 14.1. The Morgan fingerprint density at radius 2 is 2.00 bits per heavy atom. The summed E-state index contributed by atoms with van der Waals surface area (Å²) in [5.41, 5.74) is 6.10. The molecule has 0 bridgehead atoms. The summed E-state index contributed by atoms with van der Waals surface area (Å²) in [6.07, 6.45) is -3.84. The van der Waals surface area contributed by atoms with Crippen molar-refractivity contribution in [3.05, 3.63) is 53.2 Å². The minimum atomic E-state index is -1.52. The second-order valence-corrected chi connectivity index (χ2v) is 6.74. The third kappa shape index (κ3) is 2.93. The largest absolute Gasteiger partial charge is 0.387 e. The van der Waals surface area contributed by atoms with Crippen LogP contribution in [-0.2, 0) is 4.74 Å². The third-order valence-corrected chi connectivity index (χ3v) is 4.92. The van der Waals surface area contributed by atoms with Gasteiger partial charge < -0.3 is 30.4 Å². The van der Waals surface area contributed by atoms with Crippen LogP contribution in [0.4, 0.5) is 10.2 Å². The highest BCUT2D eigenvalue weighted by atomic mass is 35.5. The van der Waals surface area contributed by atoms with E-state index in [1.807, 2.05) is 0 Å². The summed E-state index contributed by atoms with van der Waals surface area (Å²) in [7, 11) is 0. The molecule has 0 aliphatic carbocycles. The highest BCUT2D eigenvalue weighted by Gasteiger charge is 2.48. The van der Waals surface area contributed by atoms with Crippen LogP contribution in [0.1, 0.15) is 17.9 Å². The zero-order valence-electron chi connectivity index (χ0n) is 13.8. The van der Waals surface area contributed by atoms with Gasteiger partial charge in [0.05, 0.1) is 5.39 Å². The Labute approximate surface area is 157 Å². The van der Waals surface area contributed by atoms with Gasteiger partial charge in [-0.2, -0.15) is 0 Å². The molecule has 5 N–H and O–H groups in total. The van der Waals surface area contributed by atoms with Gasteiger partial charge in [0.2, 0.25) is 0 Å². The summed E-state index contributed by atoms with van der Waals surface area (Å²) in [6.45, 7) is 0. The van der Waals surface area contributed by atoms with E-state index in [1.54, 1.807) is 12.3 Å². The lowest BCUT2D eigenvalue weighted by molar-refractivity contribution is -0.0856. The molecular formula is C17H16ClFN4O4. The Balaban J connectivity index is 1.67. The molecule has 0 amide bonds. The van der Waals surface area contributed by atoms with Crippen LogP contribution in [0, 0.1) is 5.82 Å². The topological polar surface area (TPSA) is 127 Å². The smallest absolute Gasteiger partial charge is 0.164 e. The van der Waals surface area contributed by atoms with Gasteiger partial charge in [0, 0.05) is 16.8 Å². The van der Waals surface area contributed by atoms with Crippen molar-refractivity contribution in [2.75, 3.05) is 5.73 Å². The Kier molecular flexibility index (Phi) is 4.49. The first kappa shape index (κ1) is 18.1. The van der Waals surface area contributed by atoms with Gasteiger partial charge in [-0.25, -0.2) is 14.4 Å². The minimum absolute atomic E-state index is 0.0970. The maximum atomic E-state index is 14.1. The molecular weight excluding hydrogens is 379 g/mol. The molecule has 0 spiro atoms. The lowest BCUT2D eigenvalue weighted by Crippen LogP contribution is -2.35. The molecule has 1 aliphatic rings. The summed E-state index contributed by atoms with van der Waals surface area (Å²) >= 11 is 5.72. The minimum Gasteiger partial charge on any atom is -0.387 e. The molecule has 4 rings (SSSR count). The number of ether oxygens (including phenoxy) is 1. The average Bonchev–Trinajstić information content (AvgIpc) is 3.18. The quantitative estimate of drug-likeness (QED) is 0.525. The van der Waals surface area contributed by atoms with E-state index in [0.29, 0.717) is 11.0 Å². The molecule has 27 heavy (non-hydrogen) atoms. The van der Waals surface area contributed by atoms with Crippen molar-refractivity contribution >= 4 is 28.5 Å².